The van der Waals surface area contributed by atoms with Gasteiger partial charge < -0.3 is 9.42 Å². The van der Waals surface area contributed by atoms with Crippen LogP contribution in [0.4, 0.5) is 0 Å². The first-order valence-electron chi connectivity index (χ1n) is 9.00. The Kier molecular flexibility index (Phi) is 4.05. The van der Waals surface area contributed by atoms with Gasteiger partial charge in [-0.3, -0.25) is 9.89 Å². The molecule has 7 nitrogen and oxygen atoms in total. The monoisotopic (exact) mass is 391 g/mol. The van der Waals surface area contributed by atoms with Crippen LogP contribution in [0, 0.1) is 6.92 Å². The van der Waals surface area contributed by atoms with Crippen molar-refractivity contribution in [2.24, 2.45) is 0 Å². The molecule has 1 aromatic carbocycles. The zero-order valence-electron chi connectivity index (χ0n) is 15.2. The van der Waals surface area contributed by atoms with Crippen molar-refractivity contribution >= 4 is 33.5 Å². The third-order valence-corrected chi connectivity index (χ3v) is 5.80. The van der Waals surface area contributed by atoms with Gasteiger partial charge in [-0.25, -0.2) is 4.98 Å². The second-order valence-electron chi connectivity index (χ2n) is 6.72. The summed E-state index contributed by atoms with van der Waals surface area (Å²) in [5.74, 6) is 0.697. The molecule has 0 saturated heterocycles. The minimum Gasteiger partial charge on any atom is -0.361 e. The highest BCUT2D eigenvalue weighted by molar-refractivity contribution is 7.19. The van der Waals surface area contributed by atoms with Crippen LogP contribution >= 0.6 is 11.3 Å². The molecule has 4 heterocycles. The van der Waals surface area contributed by atoms with E-state index in [0.29, 0.717) is 18.8 Å². The van der Waals surface area contributed by atoms with E-state index in [1.165, 1.54) is 0 Å². The summed E-state index contributed by atoms with van der Waals surface area (Å²) in [6, 6.07) is 9.81. The molecular formula is C20H17N5O2S. The summed E-state index contributed by atoms with van der Waals surface area (Å²) in [5.41, 5.74) is 4.44. The van der Waals surface area contributed by atoms with E-state index in [-0.39, 0.29) is 5.91 Å². The van der Waals surface area contributed by atoms with E-state index in [1.807, 2.05) is 42.2 Å². The number of benzene rings is 1. The van der Waals surface area contributed by atoms with Crippen molar-refractivity contribution in [1.82, 2.24) is 25.2 Å². The predicted molar refractivity (Wildman–Crippen MR) is 107 cm³/mol. The van der Waals surface area contributed by atoms with Crippen LogP contribution in [0.25, 0.3) is 27.7 Å². The van der Waals surface area contributed by atoms with Crippen LogP contribution < -0.4 is 0 Å². The van der Waals surface area contributed by atoms with Gasteiger partial charge in [-0.15, -0.1) is 11.3 Å². The Hall–Kier alpha value is -3.26. The molecule has 0 atom stereocenters. The molecule has 0 bridgehead atoms. The Morgan fingerprint density at radius 3 is 3.07 bits per heavy atom. The van der Waals surface area contributed by atoms with Gasteiger partial charge in [-0.05, 0) is 25.1 Å². The number of aryl methyl sites for hydroxylation is 1. The van der Waals surface area contributed by atoms with Crippen molar-refractivity contribution in [3.63, 3.8) is 0 Å². The molecule has 0 aliphatic carbocycles. The maximum Gasteiger partial charge on any atom is 0.246 e. The normalized spacial score (nSPS) is 14.1. The Labute approximate surface area is 164 Å². The number of amides is 1. The van der Waals surface area contributed by atoms with Crippen LogP contribution in [0.3, 0.4) is 0 Å². The molecule has 0 saturated carbocycles. The van der Waals surface area contributed by atoms with Crippen molar-refractivity contribution in [3.8, 4) is 11.4 Å². The van der Waals surface area contributed by atoms with E-state index in [1.54, 1.807) is 23.5 Å². The van der Waals surface area contributed by atoms with E-state index >= 15 is 0 Å². The molecule has 140 valence electrons. The van der Waals surface area contributed by atoms with Gasteiger partial charge in [0.1, 0.15) is 22.2 Å². The molecule has 1 aliphatic rings. The maximum atomic E-state index is 12.7. The van der Waals surface area contributed by atoms with Crippen molar-refractivity contribution in [2.45, 2.75) is 19.9 Å². The molecule has 1 aliphatic heterocycles. The number of H-pyrrole nitrogens is 1. The van der Waals surface area contributed by atoms with Crippen LogP contribution in [-0.4, -0.2) is 37.7 Å². The molecule has 0 unspecified atom stereocenters. The summed E-state index contributed by atoms with van der Waals surface area (Å²) >= 11 is 1.58. The zero-order chi connectivity index (χ0) is 19.1. The molecule has 8 heteroatoms. The van der Waals surface area contributed by atoms with Gasteiger partial charge in [0, 0.05) is 36.4 Å². The van der Waals surface area contributed by atoms with Crippen LogP contribution in [-0.2, 0) is 17.8 Å². The fourth-order valence-electron chi connectivity index (χ4n) is 3.38. The van der Waals surface area contributed by atoms with Gasteiger partial charge in [-0.2, -0.15) is 5.10 Å². The third kappa shape index (κ3) is 3.01. The molecule has 0 spiro atoms. The topological polar surface area (TPSA) is 87.9 Å². The first-order valence-corrected chi connectivity index (χ1v) is 9.81. The number of hydrogen-bond donors (Lipinski definition) is 1. The molecule has 1 N–H and O–H groups in total. The van der Waals surface area contributed by atoms with Gasteiger partial charge in [0.25, 0.3) is 0 Å². The van der Waals surface area contributed by atoms with Gasteiger partial charge >= 0.3 is 0 Å². The fourth-order valence-corrected chi connectivity index (χ4v) is 4.25. The molecule has 1 amide bonds. The molecule has 28 heavy (non-hydrogen) atoms. The van der Waals surface area contributed by atoms with Crippen molar-refractivity contribution < 1.29 is 9.32 Å². The second kappa shape index (κ2) is 6.72. The number of fused-ring (bicyclic) bond motifs is 2. The lowest BCUT2D eigenvalue weighted by Gasteiger charge is -2.25. The minimum atomic E-state index is -0.0339. The smallest absolute Gasteiger partial charge is 0.246 e. The van der Waals surface area contributed by atoms with Crippen molar-refractivity contribution in [1.29, 1.82) is 0 Å². The molecule has 0 fully saturated rings. The Balaban J connectivity index is 1.35. The summed E-state index contributed by atoms with van der Waals surface area (Å²) < 4.78 is 6.28. The van der Waals surface area contributed by atoms with Crippen LogP contribution in [0.15, 0.2) is 40.9 Å². The van der Waals surface area contributed by atoms with Crippen LogP contribution in [0.2, 0.25) is 0 Å². The number of thiazole rings is 1. The van der Waals surface area contributed by atoms with Crippen molar-refractivity contribution in [2.75, 3.05) is 6.54 Å². The molecule has 5 rings (SSSR count). The standard InChI is InChI=1S/C20H17N5O2S/c1-12-10-16(24-27-12)20-13-11-25(9-8-14(13)22-23-20)19(26)7-6-18-21-15-4-2-3-5-17(15)28-18/h2-7,10H,8-9,11H2,1H3,(H,22,23). The highest BCUT2D eigenvalue weighted by atomic mass is 32.1. The molecule has 4 aromatic rings. The molecule has 3 aromatic heterocycles. The van der Waals surface area contributed by atoms with Crippen molar-refractivity contribution in [3.05, 3.63) is 58.4 Å². The summed E-state index contributed by atoms with van der Waals surface area (Å²) in [6.07, 6.45) is 4.13. The minimum absolute atomic E-state index is 0.0339. The Morgan fingerprint density at radius 2 is 2.25 bits per heavy atom. The highest BCUT2D eigenvalue weighted by Crippen LogP contribution is 2.28. The largest absolute Gasteiger partial charge is 0.361 e. The molecular weight excluding hydrogens is 374 g/mol. The summed E-state index contributed by atoms with van der Waals surface area (Å²) in [4.78, 5) is 19.1. The van der Waals surface area contributed by atoms with Gasteiger partial charge in [0.05, 0.1) is 16.8 Å². The zero-order valence-corrected chi connectivity index (χ0v) is 16.0. The maximum absolute atomic E-state index is 12.7. The van der Waals surface area contributed by atoms with Gasteiger partial charge in [-0.1, -0.05) is 17.3 Å². The Morgan fingerprint density at radius 1 is 1.36 bits per heavy atom. The third-order valence-electron chi connectivity index (χ3n) is 4.79. The number of aromatic nitrogens is 4. The van der Waals surface area contributed by atoms with Gasteiger partial charge in [0.15, 0.2) is 0 Å². The fraction of sp³-hybridized carbons (Fsp3) is 0.200. The van der Waals surface area contributed by atoms with Crippen LogP contribution in [0.5, 0.6) is 0 Å². The number of rotatable bonds is 3. The summed E-state index contributed by atoms with van der Waals surface area (Å²) in [5, 5.41) is 12.3. The number of para-hydroxylation sites is 1. The summed E-state index contributed by atoms with van der Waals surface area (Å²) in [7, 11) is 0. The summed E-state index contributed by atoms with van der Waals surface area (Å²) in [6.45, 7) is 2.99. The lowest BCUT2D eigenvalue weighted by atomic mass is 10.0. The first-order chi connectivity index (χ1) is 13.7. The van der Waals surface area contributed by atoms with Crippen LogP contribution in [0.1, 0.15) is 22.0 Å². The number of carbonyl (C=O) groups is 1. The second-order valence-corrected chi connectivity index (χ2v) is 7.78. The predicted octanol–water partition coefficient (Wildman–Crippen LogP) is 3.58. The average molecular weight is 391 g/mol. The lowest BCUT2D eigenvalue weighted by Crippen LogP contribution is -2.34. The average Bonchev–Trinajstić information content (AvgIpc) is 3.42. The first kappa shape index (κ1) is 16.9. The quantitative estimate of drug-likeness (QED) is 0.539. The molecule has 0 radical (unpaired) electrons. The van der Waals surface area contributed by atoms with E-state index in [2.05, 4.69) is 20.3 Å². The SMILES string of the molecule is Cc1cc(-c2n[nH]c3c2CN(C(=O)C=Cc2nc4ccccc4s2)CC3)no1. The number of carbonyl (C=O) groups excluding carboxylic acids is 1. The van der Waals surface area contributed by atoms with E-state index in [0.717, 1.165) is 44.4 Å². The number of hydrogen-bond acceptors (Lipinski definition) is 6. The number of nitrogens with zero attached hydrogens (tertiary/aromatic N) is 4. The van der Waals surface area contributed by atoms with E-state index in [4.69, 9.17) is 4.52 Å². The van der Waals surface area contributed by atoms with E-state index in [9.17, 15) is 4.79 Å². The highest BCUT2D eigenvalue weighted by Gasteiger charge is 2.26. The van der Waals surface area contributed by atoms with E-state index < -0.39 is 0 Å². The van der Waals surface area contributed by atoms with Gasteiger partial charge in [0.2, 0.25) is 5.91 Å². The lowest BCUT2D eigenvalue weighted by molar-refractivity contribution is -0.126. The number of nitrogens with one attached hydrogen (secondary N) is 1. The Bertz CT molecular complexity index is 1170. The number of aromatic amines is 1.